The van der Waals surface area contributed by atoms with E-state index in [2.05, 4.69) is 34.6 Å². The van der Waals surface area contributed by atoms with Gasteiger partial charge in [0.25, 0.3) is 0 Å². The summed E-state index contributed by atoms with van der Waals surface area (Å²) in [6, 6.07) is 0. The molecule has 0 heterocycles. The highest BCUT2D eigenvalue weighted by Gasteiger charge is 2.41. The van der Waals surface area contributed by atoms with Crippen LogP contribution >= 0.6 is 0 Å². The Morgan fingerprint density at radius 2 is 1.77 bits per heavy atom. The van der Waals surface area contributed by atoms with Gasteiger partial charge in [0.1, 0.15) is 0 Å². The van der Waals surface area contributed by atoms with Crippen molar-refractivity contribution in [3.8, 4) is 0 Å². The first-order valence-corrected chi connectivity index (χ1v) is 5.19. The highest BCUT2D eigenvalue weighted by Crippen LogP contribution is 2.41. The molecule has 80 valence electrons. The van der Waals surface area contributed by atoms with E-state index in [1.165, 1.54) is 0 Å². The Balaban J connectivity index is 4.72. The minimum Gasteiger partial charge on any atom is -0.396 e. The van der Waals surface area contributed by atoms with Crippen LogP contribution in [0.5, 0.6) is 0 Å². The predicted molar refractivity (Wildman–Crippen MR) is 57.5 cm³/mol. The first kappa shape index (κ1) is 12.9. The van der Waals surface area contributed by atoms with E-state index in [0.29, 0.717) is 5.92 Å². The maximum atomic E-state index is 9.05. The largest absolute Gasteiger partial charge is 0.396 e. The van der Waals surface area contributed by atoms with E-state index in [1.807, 2.05) is 0 Å². The third kappa shape index (κ3) is 2.68. The second-order valence-corrected chi connectivity index (χ2v) is 4.92. The lowest BCUT2D eigenvalue weighted by atomic mass is 9.63. The highest BCUT2D eigenvalue weighted by molar-refractivity contribution is 4.96. The Morgan fingerprint density at radius 1 is 1.31 bits per heavy atom. The predicted octanol–water partition coefficient (Wildman–Crippen LogP) is 2.16. The molecule has 2 heteroatoms. The van der Waals surface area contributed by atoms with Crippen LogP contribution < -0.4 is 5.73 Å². The molecule has 0 radical (unpaired) electrons. The van der Waals surface area contributed by atoms with Gasteiger partial charge in [0.15, 0.2) is 0 Å². The molecule has 0 bridgehead atoms. The molecule has 2 nitrogen and oxygen atoms in total. The third-order valence-electron chi connectivity index (χ3n) is 3.80. The van der Waals surface area contributed by atoms with Gasteiger partial charge in [-0.15, -0.1) is 0 Å². The Labute approximate surface area is 82.5 Å². The zero-order valence-corrected chi connectivity index (χ0v) is 9.72. The van der Waals surface area contributed by atoms with Gasteiger partial charge in [0.2, 0.25) is 0 Å². The molecule has 0 aliphatic carbocycles. The molecular formula is C11H25NO. The van der Waals surface area contributed by atoms with E-state index in [9.17, 15) is 0 Å². The smallest absolute Gasteiger partial charge is 0.0437 e. The van der Waals surface area contributed by atoms with Crippen molar-refractivity contribution in [2.75, 3.05) is 6.61 Å². The Bertz CT molecular complexity index is 151. The van der Waals surface area contributed by atoms with E-state index in [4.69, 9.17) is 10.8 Å². The first-order valence-electron chi connectivity index (χ1n) is 5.19. The fraction of sp³-hybridized carbons (Fsp3) is 1.00. The molecule has 0 rings (SSSR count). The fourth-order valence-electron chi connectivity index (χ4n) is 1.89. The average Bonchev–Trinajstić information content (AvgIpc) is 2.01. The number of hydrogen-bond acceptors (Lipinski definition) is 2. The average molecular weight is 187 g/mol. The lowest BCUT2D eigenvalue weighted by Gasteiger charge is -2.46. The summed E-state index contributed by atoms with van der Waals surface area (Å²) in [5, 5.41) is 9.05. The van der Waals surface area contributed by atoms with Crippen molar-refractivity contribution in [1.29, 1.82) is 0 Å². The van der Waals surface area contributed by atoms with E-state index >= 15 is 0 Å². The van der Waals surface area contributed by atoms with Crippen LogP contribution in [0.15, 0.2) is 0 Å². The SMILES string of the molecule is CCC(C)C(C)(CCO)C(C)(C)N. The van der Waals surface area contributed by atoms with Gasteiger partial charge in [-0.05, 0) is 31.6 Å². The van der Waals surface area contributed by atoms with E-state index in [0.717, 1.165) is 12.8 Å². The molecule has 0 aliphatic heterocycles. The zero-order valence-electron chi connectivity index (χ0n) is 9.72. The van der Waals surface area contributed by atoms with Crippen LogP contribution in [0.25, 0.3) is 0 Å². The van der Waals surface area contributed by atoms with Crippen LogP contribution in [0.3, 0.4) is 0 Å². The molecule has 2 atom stereocenters. The van der Waals surface area contributed by atoms with Crippen molar-refractivity contribution >= 4 is 0 Å². The summed E-state index contributed by atoms with van der Waals surface area (Å²) in [6.45, 7) is 10.9. The number of aliphatic hydroxyl groups is 1. The molecule has 3 N–H and O–H groups in total. The normalized spacial score (nSPS) is 19.6. The number of nitrogens with two attached hydrogens (primary N) is 1. The molecule has 0 aromatic heterocycles. The van der Waals surface area contributed by atoms with Gasteiger partial charge in [-0.2, -0.15) is 0 Å². The quantitative estimate of drug-likeness (QED) is 0.693. The van der Waals surface area contributed by atoms with Crippen molar-refractivity contribution in [3.05, 3.63) is 0 Å². The number of aliphatic hydroxyl groups excluding tert-OH is 1. The molecule has 0 aliphatic rings. The summed E-state index contributed by atoms with van der Waals surface area (Å²) in [7, 11) is 0. The van der Waals surface area contributed by atoms with E-state index < -0.39 is 0 Å². The third-order valence-corrected chi connectivity index (χ3v) is 3.80. The lowest BCUT2D eigenvalue weighted by molar-refractivity contribution is 0.0578. The Kier molecular flexibility index (Phi) is 4.40. The van der Waals surface area contributed by atoms with Crippen molar-refractivity contribution < 1.29 is 5.11 Å². The van der Waals surface area contributed by atoms with Crippen LogP contribution in [0.2, 0.25) is 0 Å². The summed E-state index contributed by atoms with van der Waals surface area (Å²) in [4.78, 5) is 0. The second-order valence-electron chi connectivity index (χ2n) is 4.92. The second kappa shape index (κ2) is 4.43. The first-order chi connectivity index (χ1) is 5.79. The molecular weight excluding hydrogens is 162 g/mol. The topological polar surface area (TPSA) is 46.2 Å². The molecule has 0 fully saturated rings. The van der Waals surface area contributed by atoms with Gasteiger partial charge >= 0.3 is 0 Å². The van der Waals surface area contributed by atoms with Gasteiger partial charge in [-0.1, -0.05) is 27.2 Å². The summed E-state index contributed by atoms with van der Waals surface area (Å²) in [5.41, 5.74) is 5.96. The number of hydrogen-bond donors (Lipinski definition) is 2. The summed E-state index contributed by atoms with van der Waals surface area (Å²) in [5.74, 6) is 0.541. The minimum atomic E-state index is -0.231. The molecule has 13 heavy (non-hydrogen) atoms. The highest BCUT2D eigenvalue weighted by atomic mass is 16.3. The van der Waals surface area contributed by atoms with Crippen molar-refractivity contribution in [3.63, 3.8) is 0 Å². The fourth-order valence-corrected chi connectivity index (χ4v) is 1.89. The van der Waals surface area contributed by atoms with Crippen molar-refractivity contribution in [1.82, 2.24) is 0 Å². The van der Waals surface area contributed by atoms with Gasteiger partial charge in [0, 0.05) is 12.1 Å². The standard InChI is InChI=1S/C11H25NO/c1-6-9(2)11(5,7-8-13)10(3,4)12/h9,13H,6-8,12H2,1-5H3. The van der Waals surface area contributed by atoms with Crippen molar-refractivity contribution in [2.24, 2.45) is 17.1 Å². The van der Waals surface area contributed by atoms with Crippen LogP contribution in [-0.4, -0.2) is 17.3 Å². The van der Waals surface area contributed by atoms with Gasteiger partial charge in [-0.25, -0.2) is 0 Å². The van der Waals surface area contributed by atoms with Crippen LogP contribution in [0.4, 0.5) is 0 Å². The van der Waals surface area contributed by atoms with E-state index in [-0.39, 0.29) is 17.6 Å². The maximum Gasteiger partial charge on any atom is 0.0437 e. The molecule has 0 saturated carbocycles. The number of rotatable bonds is 5. The molecule has 2 unspecified atom stereocenters. The van der Waals surface area contributed by atoms with Crippen molar-refractivity contribution in [2.45, 2.75) is 53.0 Å². The summed E-state index contributed by atoms with van der Waals surface area (Å²) < 4.78 is 0. The molecule has 0 saturated heterocycles. The molecule has 0 aromatic carbocycles. The minimum absolute atomic E-state index is 0.0243. The van der Waals surface area contributed by atoms with Crippen LogP contribution in [0.1, 0.15) is 47.5 Å². The monoisotopic (exact) mass is 187 g/mol. The summed E-state index contributed by atoms with van der Waals surface area (Å²) >= 11 is 0. The van der Waals surface area contributed by atoms with Gasteiger partial charge < -0.3 is 10.8 Å². The van der Waals surface area contributed by atoms with Crippen LogP contribution in [0, 0.1) is 11.3 Å². The van der Waals surface area contributed by atoms with E-state index in [1.54, 1.807) is 0 Å². The lowest BCUT2D eigenvalue weighted by Crippen LogP contribution is -2.52. The van der Waals surface area contributed by atoms with Gasteiger partial charge in [-0.3, -0.25) is 0 Å². The maximum absolute atomic E-state index is 9.05. The molecule has 0 aromatic rings. The zero-order chi connectivity index (χ0) is 10.7. The summed E-state index contributed by atoms with van der Waals surface area (Å²) in [6.07, 6.45) is 1.89. The van der Waals surface area contributed by atoms with Crippen LogP contribution in [-0.2, 0) is 0 Å². The van der Waals surface area contributed by atoms with Gasteiger partial charge in [0.05, 0.1) is 0 Å². The Morgan fingerprint density at radius 3 is 2.00 bits per heavy atom. The molecule has 0 spiro atoms. The Hall–Kier alpha value is -0.0800. The molecule has 0 amide bonds.